The molecule has 0 fully saturated rings. The van der Waals surface area contributed by atoms with Gasteiger partial charge < -0.3 is 10.2 Å². The second kappa shape index (κ2) is 7.07. The van der Waals surface area contributed by atoms with E-state index in [-0.39, 0.29) is 17.9 Å². The van der Waals surface area contributed by atoms with Crippen molar-refractivity contribution in [3.63, 3.8) is 0 Å². The number of anilines is 1. The quantitative estimate of drug-likeness (QED) is 0.651. The summed E-state index contributed by atoms with van der Waals surface area (Å²) in [5, 5.41) is 6.38. The molecular formula is C15H16F2N4O3. The first kappa shape index (κ1) is 17.4. The molecule has 1 N–H and O–H groups in total. The van der Waals surface area contributed by atoms with E-state index in [0.29, 0.717) is 5.56 Å². The van der Waals surface area contributed by atoms with Gasteiger partial charge in [-0.15, -0.1) is 0 Å². The molecule has 0 spiro atoms. The van der Waals surface area contributed by atoms with Crippen molar-refractivity contribution in [1.82, 2.24) is 9.13 Å². The van der Waals surface area contributed by atoms with Crippen molar-refractivity contribution in [1.29, 1.82) is 0 Å². The minimum atomic E-state index is -0.717. The molecule has 1 aromatic carbocycles. The van der Waals surface area contributed by atoms with Gasteiger partial charge in [-0.25, -0.2) is 13.6 Å². The van der Waals surface area contributed by atoms with Gasteiger partial charge in [0.15, 0.2) is 0 Å². The topological polar surface area (TPSA) is 77.6 Å². The van der Waals surface area contributed by atoms with Gasteiger partial charge in [0.05, 0.1) is 6.21 Å². The van der Waals surface area contributed by atoms with Crippen molar-refractivity contribution in [3.8, 4) is 0 Å². The predicted octanol–water partition coefficient (Wildman–Crippen LogP) is 0.955. The van der Waals surface area contributed by atoms with E-state index in [1.165, 1.54) is 25.8 Å². The Balaban J connectivity index is 2.47. The third-order valence-electron chi connectivity index (χ3n) is 3.37. The first-order valence-electron chi connectivity index (χ1n) is 6.90. The summed E-state index contributed by atoms with van der Waals surface area (Å²) >= 11 is 0. The largest absolute Gasteiger partial charge is 0.399 e. The average Bonchev–Trinajstić information content (AvgIpc) is 2.53. The molecule has 0 radical (unpaired) electrons. The molecule has 0 aliphatic carbocycles. The Morgan fingerprint density at radius 1 is 1.17 bits per heavy atom. The van der Waals surface area contributed by atoms with Crippen molar-refractivity contribution in [2.75, 3.05) is 12.4 Å². The Kier molecular flexibility index (Phi) is 5.12. The van der Waals surface area contributed by atoms with Crippen molar-refractivity contribution in [3.05, 3.63) is 61.8 Å². The smallest absolute Gasteiger partial charge is 0.332 e. The molecular weight excluding hydrogens is 322 g/mol. The highest BCUT2D eigenvalue weighted by Crippen LogP contribution is 2.12. The molecule has 9 heteroatoms. The first-order chi connectivity index (χ1) is 11.3. The third kappa shape index (κ3) is 3.50. The number of benzene rings is 1. The van der Waals surface area contributed by atoms with Crippen molar-refractivity contribution in [2.45, 2.75) is 6.54 Å². The molecule has 24 heavy (non-hydrogen) atoms. The predicted molar refractivity (Wildman–Crippen MR) is 85.2 cm³/mol. The highest BCUT2D eigenvalue weighted by Gasteiger charge is 2.14. The Labute approximate surface area is 135 Å². The van der Waals surface area contributed by atoms with Crippen LogP contribution in [0.4, 0.5) is 14.6 Å². The maximum Gasteiger partial charge on any atom is 0.332 e. The van der Waals surface area contributed by atoms with Crippen LogP contribution in [-0.4, -0.2) is 22.5 Å². The first-order valence-corrected chi connectivity index (χ1v) is 6.90. The van der Waals surface area contributed by atoms with E-state index in [1.54, 1.807) is 0 Å². The van der Waals surface area contributed by atoms with E-state index in [2.05, 4.69) is 15.3 Å². The summed E-state index contributed by atoms with van der Waals surface area (Å²) in [6.07, 6.45) is 1.16. The van der Waals surface area contributed by atoms with Crippen molar-refractivity contribution in [2.24, 2.45) is 19.3 Å². The van der Waals surface area contributed by atoms with E-state index in [0.717, 1.165) is 29.0 Å². The molecule has 0 atom stereocenters. The standard InChI is InChI=1S/C15H16F2N4O3/c1-20-13(18-7-9-4-10(16)6-11(17)5-9)12(8-19-24-3)14(22)21(2)15(20)23/h4-6,8,18H,7H2,1-3H3/b19-8+. The number of halogens is 2. The maximum atomic E-state index is 13.2. The van der Waals surface area contributed by atoms with Gasteiger partial charge in [0.25, 0.3) is 5.56 Å². The van der Waals surface area contributed by atoms with Gasteiger partial charge in [0, 0.05) is 26.7 Å². The van der Waals surface area contributed by atoms with Gasteiger partial charge in [-0.1, -0.05) is 5.16 Å². The number of hydrogen-bond acceptors (Lipinski definition) is 5. The molecule has 0 aliphatic heterocycles. The molecule has 1 aromatic heterocycles. The third-order valence-corrected chi connectivity index (χ3v) is 3.37. The molecule has 128 valence electrons. The van der Waals surface area contributed by atoms with E-state index in [1.807, 2.05) is 0 Å². The van der Waals surface area contributed by atoms with Gasteiger partial charge in [-0.3, -0.25) is 13.9 Å². The molecule has 0 bridgehead atoms. The molecule has 1 heterocycles. The van der Waals surface area contributed by atoms with E-state index >= 15 is 0 Å². The molecule has 7 nitrogen and oxygen atoms in total. The summed E-state index contributed by atoms with van der Waals surface area (Å²) in [7, 11) is 4.10. The van der Waals surface area contributed by atoms with Gasteiger partial charge in [-0.05, 0) is 17.7 Å². The minimum absolute atomic E-state index is 0.00293. The van der Waals surface area contributed by atoms with Crippen LogP contribution in [0.2, 0.25) is 0 Å². The van der Waals surface area contributed by atoms with Crippen LogP contribution >= 0.6 is 0 Å². The summed E-state index contributed by atoms with van der Waals surface area (Å²) in [5.74, 6) is -1.27. The fourth-order valence-electron chi connectivity index (χ4n) is 2.20. The molecule has 0 saturated carbocycles. The number of aromatic nitrogens is 2. The van der Waals surface area contributed by atoms with Crippen molar-refractivity contribution >= 4 is 12.0 Å². The SMILES string of the molecule is CO/N=C/c1c(NCc2cc(F)cc(F)c2)n(C)c(=O)n(C)c1=O. The lowest BCUT2D eigenvalue weighted by Gasteiger charge is -2.15. The lowest BCUT2D eigenvalue weighted by Crippen LogP contribution is -2.40. The van der Waals surface area contributed by atoms with Crippen LogP contribution in [0.15, 0.2) is 32.9 Å². The van der Waals surface area contributed by atoms with Crippen LogP contribution in [0.3, 0.4) is 0 Å². The zero-order valence-electron chi connectivity index (χ0n) is 13.3. The fourth-order valence-corrected chi connectivity index (χ4v) is 2.20. The second-order valence-electron chi connectivity index (χ2n) is 5.02. The average molecular weight is 338 g/mol. The van der Waals surface area contributed by atoms with Crippen LogP contribution in [-0.2, 0) is 25.5 Å². The van der Waals surface area contributed by atoms with Crippen molar-refractivity contribution < 1.29 is 13.6 Å². The molecule has 0 amide bonds. The second-order valence-corrected chi connectivity index (χ2v) is 5.02. The number of nitrogens with one attached hydrogen (secondary N) is 1. The minimum Gasteiger partial charge on any atom is -0.399 e. The Morgan fingerprint density at radius 2 is 1.79 bits per heavy atom. The van der Waals surface area contributed by atoms with Crippen LogP contribution < -0.4 is 16.6 Å². The van der Waals surface area contributed by atoms with E-state index in [9.17, 15) is 18.4 Å². The maximum absolute atomic E-state index is 13.2. The summed E-state index contributed by atoms with van der Waals surface area (Å²) in [5.41, 5.74) is -0.733. The van der Waals surface area contributed by atoms with E-state index in [4.69, 9.17) is 0 Å². The lowest BCUT2D eigenvalue weighted by molar-refractivity contribution is 0.215. The van der Waals surface area contributed by atoms with Gasteiger partial charge in [0.1, 0.15) is 30.1 Å². The van der Waals surface area contributed by atoms with E-state index < -0.39 is 22.9 Å². The molecule has 2 aromatic rings. The summed E-state index contributed by atoms with van der Waals surface area (Å²) < 4.78 is 28.6. The Morgan fingerprint density at radius 3 is 2.38 bits per heavy atom. The molecule has 0 saturated heterocycles. The number of rotatable bonds is 5. The highest BCUT2D eigenvalue weighted by atomic mass is 19.1. The summed E-state index contributed by atoms with van der Waals surface area (Å²) in [6, 6.07) is 3.06. The lowest BCUT2D eigenvalue weighted by atomic mass is 10.2. The van der Waals surface area contributed by atoms with Crippen LogP contribution in [0, 0.1) is 11.6 Å². The summed E-state index contributed by atoms with van der Waals surface area (Å²) in [4.78, 5) is 28.8. The monoisotopic (exact) mass is 338 g/mol. The highest BCUT2D eigenvalue weighted by molar-refractivity contribution is 5.85. The Hall–Kier alpha value is -2.97. The van der Waals surface area contributed by atoms with Crippen LogP contribution in [0.25, 0.3) is 0 Å². The summed E-state index contributed by atoms with van der Waals surface area (Å²) in [6.45, 7) is 0.00293. The number of oxime groups is 1. The molecule has 0 aliphatic rings. The number of nitrogens with zero attached hydrogens (tertiary/aromatic N) is 3. The molecule has 0 unspecified atom stereocenters. The van der Waals surface area contributed by atoms with Gasteiger partial charge in [0.2, 0.25) is 0 Å². The Bertz CT molecular complexity index is 883. The fraction of sp³-hybridized carbons (Fsp3) is 0.267. The van der Waals surface area contributed by atoms with Crippen LogP contribution in [0.5, 0.6) is 0 Å². The zero-order valence-corrected chi connectivity index (χ0v) is 13.3. The van der Waals surface area contributed by atoms with Gasteiger partial charge >= 0.3 is 5.69 Å². The zero-order chi connectivity index (χ0) is 17.9. The number of hydrogen-bond donors (Lipinski definition) is 1. The molecule has 2 rings (SSSR count). The van der Waals surface area contributed by atoms with Gasteiger partial charge in [-0.2, -0.15) is 0 Å². The van der Waals surface area contributed by atoms with Crippen LogP contribution in [0.1, 0.15) is 11.1 Å². The normalized spacial score (nSPS) is 11.0.